The number of nitrogens with zero attached hydrogens (tertiary/aromatic N) is 2. The Bertz CT molecular complexity index is 767. The van der Waals surface area contributed by atoms with Crippen molar-refractivity contribution in [3.05, 3.63) is 23.2 Å². The molecule has 134 valence electrons. The van der Waals surface area contributed by atoms with Gasteiger partial charge in [0.15, 0.2) is 5.58 Å². The summed E-state index contributed by atoms with van der Waals surface area (Å²) in [7, 11) is 0. The highest BCUT2D eigenvalue weighted by atomic mass is 35.5. The molecule has 1 unspecified atom stereocenters. The van der Waals surface area contributed by atoms with Gasteiger partial charge in [-0.15, -0.1) is 0 Å². The maximum absolute atomic E-state index is 6.05. The van der Waals surface area contributed by atoms with Crippen LogP contribution < -0.4 is 10.2 Å². The number of halogens is 1. The van der Waals surface area contributed by atoms with Crippen LogP contribution in [0.3, 0.4) is 0 Å². The van der Waals surface area contributed by atoms with E-state index in [4.69, 9.17) is 16.0 Å². The quantitative estimate of drug-likeness (QED) is 0.865. The van der Waals surface area contributed by atoms with Gasteiger partial charge in [-0.2, -0.15) is 16.7 Å². The van der Waals surface area contributed by atoms with Crippen molar-refractivity contribution in [2.75, 3.05) is 36.0 Å². The highest BCUT2D eigenvalue weighted by Gasteiger charge is 2.49. The Balaban J connectivity index is 1.18. The van der Waals surface area contributed by atoms with Crippen LogP contribution in [-0.2, 0) is 0 Å². The normalized spacial score (nSPS) is 32.0. The average molecular weight is 378 g/mol. The second-order valence-electron chi connectivity index (χ2n) is 8.02. The number of aromatic nitrogens is 1. The molecule has 3 heterocycles. The molecule has 5 rings (SSSR count). The molecule has 1 spiro atoms. The van der Waals surface area contributed by atoms with Gasteiger partial charge in [-0.25, -0.2) is 0 Å². The van der Waals surface area contributed by atoms with Crippen LogP contribution in [0.25, 0.3) is 11.1 Å². The van der Waals surface area contributed by atoms with E-state index in [1.807, 2.05) is 18.2 Å². The third kappa shape index (κ3) is 3.15. The van der Waals surface area contributed by atoms with Gasteiger partial charge in [-0.05, 0) is 73.3 Å². The number of fused-ring (bicyclic) bond motifs is 1. The molecule has 25 heavy (non-hydrogen) atoms. The van der Waals surface area contributed by atoms with Gasteiger partial charge >= 0.3 is 0 Å². The zero-order valence-electron chi connectivity index (χ0n) is 14.3. The third-order valence-corrected chi connectivity index (χ3v) is 7.59. The molecule has 1 aromatic carbocycles. The first kappa shape index (κ1) is 16.3. The van der Waals surface area contributed by atoms with Crippen molar-refractivity contribution in [3.8, 4) is 0 Å². The summed E-state index contributed by atoms with van der Waals surface area (Å²) in [6.45, 7) is 3.33. The largest absolute Gasteiger partial charge is 0.423 e. The lowest BCUT2D eigenvalue weighted by molar-refractivity contribution is 0.104. The number of thioether (sulfide) groups is 1. The summed E-state index contributed by atoms with van der Waals surface area (Å²) in [6, 6.07) is 7.11. The molecular formula is C19H24ClN3OS. The van der Waals surface area contributed by atoms with Gasteiger partial charge in [0, 0.05) is 24.2 Å². The van der Waals surface area contributed by atoms with E-state index in [0.717, 1.165) is 36.1 Å². The average Bonchev–Trinajstić information content (AvgIpc) is 3.29. The molecule has 1 aliphatic carbocycles. The van der Waals surface area contributed by atoms with Crippen LogP contribution in [0.5, 0.6) is 0 Å². The van der Waals surface area contributed by atoms with Gasteiger partial charge in [0.2, 0.25) is 0 Å². The van der Waals surface area contributed by atoms with Crippen molar-refractivity contribution < 1.29 is 4.42 Å². The van der Waals surface area contributed by atoms with Crippen molar-refractivity contribution in [2.45, 2.75) is 31.7 Å². The summed E-state index contributed by atoms with van der Waals surface area (Å²) < 4.78 is 5.95. The Morgan fingerprint density at radius 3 is 3.16 bits per heavy atom. The number of hydrogen-bond acceptors (Lipinski definition) is 5. The number of nitrogens with one attached hydrogen (secondary N) is 1. The molecule has 2 aliphatic heterocycles. The van der Waals surface area contributed by atoms with Gasteiger partial charge in [0.25, 0.3) is 6.01 Å². The highest BCUT2D eigenvalue weighted by molar-refractivity contribution is 7.99. The lowest BCUT2D eigenvalue weighted by Crippen LogP contribution is -2.51. The maximum atomic E-state index is 6.05. The minimum Gasteiger partial charge on any atom is -0.423 e. The summed E-state index contributed by atoms with van der Waals surface area (Å²) in [5.74, 6) is 3.60. The monoisotopic (exact) mass is 377 g/mol. The molecule has 4 nitrogen and oxygen atoms in total. The van der Waals surface area contributed by atoms with Gasteiger partial charge in [-0.3, -0.25) is 0 Å². The summed E-state index contributed by atoms with van der Waals surface area (Å²) >= 11 is 8.16. The zero-order valence-corrected chi connectivity index (χ0v) is 15.9. The van der Waals surface area contributed by atoms with Crippen LogP contribution in [0, 0.1) is 11.3 Å². The smallest absolute Gasteiger partial charge is 0.298 e. The first-order valence-corrected chi connectivity index (χ1v) is 10.8. The lowest BCUT2D eigenvalue weighted by Gasteiger charge is -2.45. The van der Waals surface area contributed by atoms with E-state index in [0.29, 0.717) is 16.5 Å². The molecule has 1 aromatic heterocycles. The van der Waals surface area contributed by atoms with Crippen LogP contribution in [0.2, 0.25) is 5.02 Å². The standard InChI is InChI=1S/C19H24ClN3OS/c20-14-1-2-17-16(7-14)22-18(24-17)23-5-4-19(12-23)8-15(9-19)21-10-13-3-6-25-11-13/h1-2,7,13,15,21H,3-6,8-12H2. The predicted molar refractivity (Wildman–Crippen MR) is 105 cm³/mol. The summed E-state index contributed by atoms with van der Waals surface area (Å²) in [5, 5.41) is 4.52. The zero-order chi connectivity index (χ0) is 16.9. The second-order valence-corrected chi connectivity index (χ2v) is 9.61. The summed E-state index contributed by atoms with van der Waals surface area (Å²) in [6.07, 6.45) is 5.25. The second kappa shape index (κ2) is 6.36. The van der Waals surface area contributed by atoms with E-state index in [1.165, 1.54) is 43.7 Å². The molecule has 1 atom stereocenters. The number of benzene rings is 1. The molecule has 0 amide bonds. The Hall–Kier alpha value is -0.910. The summed E-state index contributed by atoms with van der Waals surface area (Å²) in [5.41, 5.74) is 2.15. The minimum absolute atomic E-state index is 0.473. The van der Waals surface area contributed by atoms with Crippen molar-refractivity contribution in [2.24, 2.45) is 11.3 Å². The maximum Gasteiger partial charge on any atom is 0.298 e. The fourth-order valence-electron chi connectivity index (χ4n) is 4.66. The van der Waals surface area contributed by atoms with Crippen molar-refractivity contribution in [1.29, 1.82) is 0 Å². The highest BCUT2D eigenvalue weighted by Crippen LogP contribution is 2.49. The molecular weight excluding hydrogens is 354 g/mol. The Morgan fingerprint density at radius 1 is 1.40 bits per heavy atom. The SMILES string of the molecule is Clc1ccc2oc(N3CCC4(CC(NCC5CCSC5)C4)C3)nc2c1. The van der Waals surface area contributed by atoms with E-state index < -0.39 is 0 Å². The molecule has 3 aliphatic rings. The third-order valence-electron chi connectivity index (χ3n) is 6.13. The fraction of sp³-hybridized carbons (Fsp3) is 0.632. The Labute approximate surface area is 157 Å². The van der Waals surface area contributed by atoms with Crippen LogP contribution in [0.15, 0.2) is 22.6 Å². The number of rotatable bonds is 4. The first-order chi connectivity index (χ1) is 12.2. The fourth-order valence-corrected chi connectivity index (χ4v) is 6.11. The van der Waals surface area contributed by atoms with Crippen molar-refractivity contribution in [1.82, 2.24) is 10.3 Å². The Kier molecular flexibility index (Phi) is 4.14. The van der Waals surface area contributed by atoms with Gasteiger partial charge < -0.3 is 14.6 Å². The van der Waals surface area contributed by atoms with Crippen LogP contribution in [0.4, 0.5) is 6.01 Å². The lowest BCUT2D eigenvalue weighted by atomic mass is 9.65. The number of oxazole rings is 1. The predicted octanol–water partition coefficient (Wildman–Crippen LogP) is 4.18. The number of anilines is 1. The molecule has 6 heteroatoms. The number of hydrogen-bond donors (Lipinski definition) is 1. The van der Waals surface area contributed by atoms with Crippen LogP contribution in [0.1, 0.15) is 25.7 Å². The van der Waals surface area contributed by atoms with E-state index in [2.05, 4.69) is 27.0 Å². The van der Waals surface area contributed by atoms with Crippen LogP contribution >= 0.6 is 23.4 Å². The summed E-state index contributed by atoms with van der Waals surface area (Å²) in [4.78, 5) is 6.96. The van der Waals surface area contributed by atoms with E-state index in [1.54, 1.807) is 0 Å². The first-order valence-electron chi connectivity index (χ1n) is 9.31. The van der Waals surface area contributed by atoms with E-state index >= 15 is 0 Å². The van der Waals surface area contributed by atoms with E-state index in [9.17, 15) is 0 Å². The topological polar surface area (TPSA) is 41.3 Å². The van der Waals surface area contributed by atoms with E-state index in [-0.39, 0.29) is 0 Å². The Morgan fingerprint density at radius 2 is 2.32 bits per heavy atom. The molecule has 2 saturated heterocycles. The van der Waals surface area contributed by atoms with Crippen molar-refractivity contribution >= 4 is 40.5 Å². The van der Waals surface area contributed by atoms with Crippen LogP contribution in [-0.4, -0.2) is 42.2 Å². The van der Waals surface area contributed by atoms with Gasteiger partial charge in [-0.1, -0.05) is 11.6 Å². The molecule has 3 fully saturated rings. The molecule has 1 N–H and O–H groups in total. The molecule has 0 bridgehead atoms. The molecule has 1 saturated carbocycles. The molecule has 0 radical (unpaired) electrons. The minimum atomic E-state index is 0.473. The van der Waals surface area contributed by atoms with Gasteiger partial charge in [0.05, 0.1) is 0 Å². The van der Waals surface area contributed by atoms with Gasteiger partial charge in [0.1, 0.15) is 5.52 Å². The van der Waals surface area contributed by atoms with Crippen molar-refractivity contribution in [3.63, 3.8) is 0 Å². The molecule has 2 aromatic rings.